The molecule has 2 atom stereocenters. The molecule has 38 heavy (non-hydrogen) atoms. The highest BCUT2D eigenvalue weighted by atomic mass is 35.5. The number of Topliss-reactive ketones (excluding diaryl/α,β-unsaturated/α-hetero) is 1. The van der Waals surface area contributed by atoms with Crippen molar-refractivity contribution in [1.29, 1.82) is 0 Å². The van der Waals surface area contributed by atoms with E-state index in [1.807, 2.05) is 24.3 Å². The first kappa shape index (κ1) is 27.9. The zero-order chi connectivity index (χ0) is 26.5. The number of ketones is 1. The lowest BCUT2D eigenvalue weighted by molar-refractivity contribution is -0.132. The summed E-state index contributed by atoms with van der Waals surface area (Å²) in [7, 11) is 0. The molecular formula is C33H42Cl2N2O. The van der Waals surface area contributed by atoms with Crippen LogP contribution in [0.3, 0.4) is 0 Å². The fraction of sp³-hybridized carbons (Fsp3) is 0.545. The summed E-state index contributed by atoms with van der Waals surface area (Å²) in [5, 5.41) is 1.64. The molecule has 4 fully saturated rings. The van der Waals surface area contributed by atoms with E-state index >= 15 is 0 Å². The van der Waals surface area contributed by atoms with E-state index in [0.29, 0.717) is 11.8 Å². The summed E-state index contributed by atoms with van der Waals surface area (Å²) in [4.78, 5) is 16.5. The number of nitrogens with zero attached hydrogens (tertiary/aromatic N) is 2. The highest BCUT2D eigenvalue weighted by Crippen LogP contribution is 2.33. The Kier molecular flexibility index (Phi) is 9.64. The largest absolute Gasteiger partial charge is 0.298 e. The zero-order valence-electron chi connectivity index (χ0n) is 22.6. The molecule has 0 radical (unpaired) electrons. The molecule has 6 rings (SSSR count). The van der Waals surface area contributed by atoms with Crippen LogP contribution >= 0.6 is 23.2 Å². The van der Waals surface area contributed by atoms with Gasteiger partial charge in [-0.2, -0.15) is 0 Å². The average Bonchev–Trinajstić information content (AvgIpc) is 2.92. The lowest BCUT2D eigenvalue weighted by Crippen LogP contribution is -2.50. The maximum absolute atomic E-state index is 11.5. The lowest BCUT2D eigenvalue weighted by atomic mass is 9.83. The van der Waals surface area contributed by atoms with Crippen LogP contribution in [0.2, 0.25) is 10.0 Å². The number of benzene rings is 2. The first-order chi connectivity index (χ1) is 18.4. The summed E-state index contributed by atoms with van der Waals surface area (Å²) in [6, 6.07) is 17.5. The number of carbonyl (C=O) groups is 1. The van der Waals surface area contributed by atoms with Crippen molar-refractivity contribution in [2.75, 3.05) is 26.2 Å². The van der Waals surface area contributed by atoms with Crippen molar-refractivity contribution in [1.82, 2.24) is 9.80 Å². The van der Waals surface area contributed by atoms with Crippen LogP contribution in [-0.4, -0.2) is 53.8 Å². The molecule has 0 amide bonds. The van der Waals surface area contributed by atoms with Gasteiger partial charge < -0.3 is 0 Å². The minimum atomic E-state index is 0.261. The predicted molar refractivity (Wildman–Crippen MR) is 159 cm³/mol. The van der Waals surface area contributed by atoms with Crippen LogP contribution in [0.25, 0.3) is 0 Å². The third-order valence-electron chi connectivity index (χ3n) is 9.30. The second-order valence-corrected chi connectivity index (χ2v) is 12.7. The molecule has 2 aromatic rings. The Morgan fingerprint density at radius 3 is 1.37 bits per heavy atom. The SMILES string of the molecule is C=C1CCC1N1CCC(Cc2ccc(Cl)cc2)CC1.O=C1CCC1N1CCC(Cc2ccc(Cl)cc2)CC1. The van der Waals surface area contributed by atoms with Crippen LogP contribution in [0.4, 0.5) is 0 Å². The zero-order valence-corrected chi connectivity index (χ0v) is 24.1. The van der Waals surface area contributed by atoms with Crippen molar-refractivity contribution in [3.63, 3.8) is 0 Å². The molecule has 0 N–H and O–H groups in total. The van der Waals surface area contributed by atoms with Gasteiger partial charge in [0.05, 0.1) is 6.04 Å². The van der Waals surface area contributed by atoms with E-state index in [0.717, 1.165) is 54.2 Å². The molecule has 2 aromatic carbocycles. The van der Waals surface area contributed by atoms with Crippen molar-refractivity contribution >= 4 is 29.0 Å². The molecule has 204 valence electrons. The van der Waals surface area contributed by atoms with Crippen LogP contribution < -0.4 is 0 Å². The number of hydrogen-bond acceptors (Lipinski definition) is 3. The molecule has 0 spiro atoms. The average molecular weight is 554 g/mol. The minimum absolute atomic E-state index is 0.261. The molecule has 2 saturated heterocycles. The molecule has 3 nitrogen and oxygen atoms in total. The van der Waals surface area contributed by atoms with Crippen molar-refractivity contribution in [3.8, 4) is 0 Å². The highest BCUT2D eigenvalue weighted by molar-refractivity contribution is 6.30. The van der Waals surface area contributed by atoms with Gasteiger partial charge in [0.1, 0.15) is 5.78 Å². The van der Waals surface area contributed by atoms with Gasteiger partial charge in [0.2, 0.25) is 0 Å². The van der Waals surface area contributed by atoms with Crippen LogP contribution in [0, 0.1) is 11.8 Å². The van der Waals surface area contributed by atoms with Crippen LogP contribution in [-0.2, 0) is 17.6 Å². The van der Waals surface area contributed by atoms with Gasteiger partial charge in [0, 0.05) is 22.5 Å². The first-order valence-electron chi connectivity index (χ1n) is 14.6. The maximum atomic E-state index is 11.5. The number of rotatable bonds is 6. The third kappa shape index (κ3) is 7.30. The summed E-state index contributed by atoms with van der Waals surface area (Å²) in [5.74, 6) is 2.05. The predicted octanol–water partition coefficient (Wildman–Crippen LogP) is 7.64. The Hall–Kier alpha value is -1.65. The molecular weight excluding hydrogens is 511 g/mol. The molecule has 0 aromatic heterocycles. The molecule has 0 bridgehead atoms. The minimum Gasteiger partial charge on any atom is -0.298 e. The molecule has 2 aliphatic heterocycles. The second kappa shape index (κ2) is 13.1. The third-order valence-corrected chi connectivity index (χ3v) is 9.80. The van der Waals surface area contributed by atoms with Gasteiger partial charge in [0.15, 0.2) is 0 Å². The van der Waals surface area contributed by atoms with Crippen molar-refractivity contribution in [2.24, 2.45) is 11.8 Å². The van der Waals surface area contributed by atoms with E-state index in [1.165, 1.54) is 74.7 Å². The van der Waals surface area contributed by atoms with Crippen LogP contribution in [0.15, 0.2) is 60.7 Å². The molecule has 2 saturated carbocycles. The molecule has 5 heteroatoms. The van der Waals surface area contributed by atoms with E-state index in [2.05, 4.69) is 40.6 Å². The van der Waals surface area contributed by atoms with Crippen LogP contribution in [0.1, 0.15) is 62.5 Å². The monoisotopic (exact) mass is 552 g/mol. The molecule has 2 unspecified atom stereocenters. The van der Waals surface area contributed by atoms with Gasteiger partial charge in [-0.3, -0.25) is 14.6 Å². The van der Waals surface area contributed by atoms with Crippen molar-refractivity contribution < 1.29 is 4.79 Å². The van der Waals surface area contributed by atoms with E-state index in [1.54, 1.807) is 0 Å². The second-order valence-electron chi connectivity index (χ2n) is 11.9. The summed E-state index contributed by atoms with van der Waals surface area (Å²) in [6.07, 6.45) is 11.9. The number of hydrogen-bond donors (Lipinski definition) is 0. The fourth-order valence-corrected chi connectivity index (χ4v) is 6.79. The smallest absolute Gasteiger partial charge is 0.150 e. The number of piperidine rings is 2. The van der Waals surface area contributed by atoms with E-state index in [9.17, 15) is 4.79 Å². The van der Waals surface area contributed by atoms with E-state index < -0.39 is 0 Å². The Balaban J connectivity index is 0.000000155. The quantitative estimate of drug-likeness (QED) is 0.344. The van der Waals surface area contributed by atoms with Crippen LogP contribution in [0.5, 0.6) is 0 Å². The standard InChI is InChI=1S/C17H22ClN.C16H20ClNO/c1-13-2-7-17(13)19-10-8-15(9-11-19)12-14-3-5-16(18)6-4-14;17-14-3-1-12(2-4-14)11-13-7-9-18(10-8-13)15-5-6-16(15)19/h3-6,15,17H,1-2,7-12H2;1-4,13,15H,5-11H2. The molecule has 4 aliphatic rings. The normalized spacial score (nSPS) is 25.3. The summed E-state index contributed by atoms with van der Waals surface area (Å²) >= 11 is 11.8. The van der Waals surface area contributed by atoms with Gasteiger partial charge in [0.25, 0.3) is 0 Å². The number of likely N-dealkylation sites (tertiary alicyclic amines) is 2. The lowest BCUT2D eigenvalue weighted by Gasteiger charge is -2.43. The summed E-state index contributed by atoms with van der Waals surface area (Å²) in [6.45, 7) is 8.85. The van der Waals surface area contributed by atoms with Crippen molar-refractivity contribution in [3.05, 3.63) is 81.9 Å². The Bertz CT molecular complexity index is 980. The van der Waals surface area contributed by atoms with Gasteiger partial charge in [-0.15, -0.1) is 0 Å². The van der Waals surface area contributed by atoms with E-state index in [4.69, 9.17) is 23.2 Å². The summed E-state index contributed by atoms with van der Waals surface area (Å²) < 4.78 is 0. The Morgan fingerprint density at radius 1 is 0.632 bits per heavy atom. The number of halogens is 2. The Labute approximate surface area is 239 Å². The molecule has 2 heterocycles. The maximum Gasteiger partial charge on any atom is 0.150 e. The summed E-state index contributed by atoms with van der Waals surface area (Å²) in [5.41, 5.74) is 4.26. The fourth-order valence-electron chi connectivity index (χ4n) is 6.54. The Morgan fingerprint density at radius 2 is 1.05 bits per heavy atom. The van der Waals surface area contributed by atoms with E-state index in [-0.39, 0.29) is 6.04 Å². The van der Waals surface area contributed by atoms with Gasteiger partial charge in [-0.1, -0.05) is 59.6 Å². The van der Waals surface area contributed by atoms with Gasteiger partial charge in [-0.05, 0) is 131 Å². The number of carbonyl (C=O) groups excluding carboxylic acids is 1. The van der Waals surface area contributed by atoms with Crippen molar-refractivity contribution in [2.45, 2.75) is 76.3 Å². The van der Waals surface area contributed by atoms with Gasteiger partial charge >= 0.3 is 0 Å². The topological polar surface area (TPSA) is 23.6 Å². The first-order valence-corrected chi connectivity index (χ1v) is 15.4. The molecule has 2 aliphatic carbocycles. The highest BCUT2D eigenvalue weighted by Gasteiger charge is 2.35. The van der Waals surface area contributed by atoms with Gasteiger partial charge in [-0.25, -0.2) is 0 Å².